The maximum absolute atomic E-state index is 8.89. The van der Waals surface area contributed by atoms with Crippen molar-refractivity contribution in [3.8, 4) is 0 Å². The molecular weight excluding hydrogens is 175 g/mol. The first-order valence-corrected chi connectivity index (χ1v) is 4.22. The fraction of sp³-hybridized carbons (Fsp3) is 0.833. The number of carboxylic acids is 1. The summed E-state index contributed by atoms with van der Waals surface area (Å²) in [5.74, 6) is 1.55. The van der Waals surface area contributed by atoms with Crippen molar-refractivity contribution in [3.63, 3.8) is 0 Å². The number of carbonyl (C=O) groups excluding carboxylic acids is 1. The van der Waals surface area contributed by atoms with Crippen molar-refractivity contribution < 1.29 is 44.9 Å². The molecular formula is C6H15NaO3S. The van der Waals surface area contributed by atoms with Gasteiger partial charge in [0.15, 0.2) is 0 Å². The summed E-state index contributed by atoms with van der Waals surface area (Å²) in [5.41, 5.74) is 0. The van der Waals surface area contributed by atoms with Crippen molar-refractivity contribution in [3.05, 3.63) is 0 Å². The number of aliphatic carboxylic acids is 1. The molecule has 0 amide bonds. The molecule has 0 fully saturated rings. The van der Waals surface area contributed by atoms with E-state index in [1.165, 1.54) is 11.5 Å². The van der Waals surface area contributed by atoms with Gasteiger partial charge in [-0.25, -0.2) is 0 Å². The molecule has 0 aliphatic heterocycles. The van der Waals surface area contributed by atoms with Gasteiger partial charge in [0.05, 0.1) is 0 Å². The molecule has 64 valence electrons. The standard InChI is InChI=1S/C4H10S.C2H4O2.Na.H2O/c1-3-5-4-2;1-2(3)4;;/h3-4H2,1-2H3;1H3,(H,3,4);;1H2/q;;+1;/p-1. The molecule has 0 saturated heterocycles. The Kier molecular flexibility index (Phi) is 46.1. The van der Waals surface area contributed by atoms with Crippen LogP contribution in [0.4, 0.5) is 0 Å². The van der Waals surface area contributed by atoms with Gasteiger partial charge in [0, 0.05) is 5.97 Å². The normalized spacial score (nSPS) is 6.09. The fourth-order valence-corrected chi connectivity index (χ4v) is 0.671. The molecule has 0 atom stereocenters. The van der Waals surface area contributed by atoms with Crippen LogP contribution in [0, 0.1) is 0 Å². The Morgan fingerprint density at radius 2 is 1.55 bits per heavy atom. The number of carbonyl (C=O) groups is 1. The number of hydrogen-bond donors (Lipinski definition) is 0. The SMILES string of the molecule is CC(=O)[O-].CC[SH+]CC.[Na+].[OH-]. The van der Waals surface area contributed by atoms with Crippen molar-refractivity contribution >= 4 is 17.7 Å². The van der Waals surface area contributed by atoms with Crippen LogP contribution in [-0.4, -0.2) is 23.0 Å². The van der Waals surface area contributed by atoms with Crippen LogP contribution in [0.1, 0.15) is 20.8 Å². The van der Waals surface area contributed by atoms with Crippen LogP contribution in [-0.2, 0) is 16.6 Å². The van der Waals surface area contributed by atoms with Gasteiger partial charge in [-0.15, -0.1) is 0 Å². The number of carboxylic acid groups (broad SMARTS) is 1. The molecule has 0 bridgehead atoms. The van der Waals surface area contributed by atoms with E-state index in [1.54, 1.807) is 11.8 Å². The third-order valence-electron chi connectivity index (χ3n) is 0.447. The van der Waals surface area contributed by atoms with Crippen LogP contribution in [0.3, 0.4) is 0 Å². The molecule has 0 radical (unpaired) electrons. The third-order valence-corrected chi connectivity index (χ3v) is 1.34. The first-order valence-electron chi connectivity index (χ1n) is 2.95. The third kappa shape index (κ3) is 108. The zero-order chi connectivity index (χ0) is 7.70. The van der Waals surface area contributed by atoms with Crippen molar-refractivity contribution in [2.45, 2.75) is 20.8 Å². The molecule has 11 heavy (non-hydrogen) atoms. The largest absolute Gasteiger partial charge is 1.00 e. The number of thiol groups is 1. The summed E-state index contributed by atoms with van der Waals surface area (Å²) in [6.07, 6.45) is 0. The smallest absolute Gasteiger partial charge is 0.870 e. The summed E-state index contributed by atoms with van der Waals surface area (Å²) in [5, 5.41) is 8.89. The van der Waals surface area contributed by atoms with E-state index in [0.717, 1.165) is 6.92 Å². The van der Waals surface area contributed by atoms with Crippen LogP contribution < -0.4 is 34.7 Å². The van der Waals surface area contributed by atoms with Crippen molar-refractivity contribution in [2.75, 3.05) is 11.5 Å². The second kappa shape index (κ2) is 22.4. The van der Waals surface area contributed by atoms with Gasteiger partial charge in [-0.3, -0.25) is 0 Å². The molecule has 0 aromatic heterocycles. The molecule has 0 rings (SSSR count). The van der Waals surface area contributed by atoms with Crippen LogP contribution in [0.15, 0.2) is 0 Å². The molecule has 0 heterocycles. The predicted octanol–water partition coefficient (Wildman–Crippen LogP) is -3.58. The second-order valence-electron chi connectivity index (χ2n) is 1.35. The average Bonchev–Trinajstić information content (AvgIpc) is 1.66. The summed E-state index contributed by atoms with van der Waals surface area (Å²) >= 11 is 1.58. The Bertz CT molecular complexity index is 64.8. The first kappa shape index (κ1) is 22.6. The van der Waals surface area contributed by atoms with Crippen LogP contribution in [0.2, 0.25) is 0 Å². The first-order chi connectivity index (χ1) is 4.15. The van der Waals surface area contributed by atoms with E-state index in [0.29, 0.717) is 0 Å². The summed E-state index contributed by atoms with van der Waals surface area (Å²) in [7, 11) is 0. The molecule has 5 heteroatoms. The van der Waals surface area contributed by atoms with E-state index >= 15 is 0 Å². The summed E-state index contributed by atoms with van der Waals surface area (Å²) in [6, 6.07) is 0. The van der Waals surface area contributed by atoms with Crippen molar-refractivity contribution in [2.24, 2.45) is 0 Å². The monoisotopic (exact) mass is 190 g/mol. The minimum atomic E-state index is -1.08. The van der Waals surface area contributed by atoms with E-state index in [4.69, 9.17) is 9.90 Å². The van der Waals surface area contributed by atoms with Crippen LogP contribution in [0.5, 0.6) is 0 Å². The van der Waals surface area contributed by atoms with Gasteiger partial charge in [-0.2, -0.15) is 0 Å². The Morgan fingerprint density at radius 3 is 1.55 bits per heavy atom. The summed E-state index contributed by atoms with van der Waals surface area (Å²) in [6.45, 7) is 5.37. The minimum absolute atomic E-state index is 0. The van der Waals surface area contributed by atoms with Gasteiger partial charge in [-0.1, -0.05) is 0 Å². The fourth-order valence-electron chi connectivity index (χ4n) is 0.224. The molecule has 0 spiro atoms. The average molecular weight is 190 g/mol. The Hall–Kier alpha value is 0.780. The van der Waals surface area contributed by atoms with E-state index in [9.17, 15) is 0 Å². The molecule has 3 nitrogen and oxygen atoms in total. The van der Waals surface area contributed by atoms with Crippen LogP contribution >= 0.6 is 0 Å². The van der Waals surface area contributed by atoms with Crippen LogP contribution in [0.25, 0.3) is 0 Å². The van der Waals surface area contributed by atoms with Gasteiger partial charge in [0.1, 0.15) is 11.5 Å². The Morgan fingerprint density at radius 1 is 1.36 bits per heavy atom. The van der Waals surface area contributed by atoms with E-state index in [2.05, 4.69) is 13.8 Å². The summed E-state index contributed by atoms with van der Waals surface area (Å²) in [4.78, 5) is 8.89. The second-order valence-corrected chi connectivity index (χ2v) is 3.06. The maximum atomic E-state index is 8.89. The zero-order valence-corrected chi connectivity index (χ0v) is 10.5. The minimum Gasteiger partial charge on any atom is -0.870 e. The van der Waals surface area contributed by atoms with E-state index in [1.807, 2.05) is 0 Å². The van der Waals surface area contributed by atoms with E-state index < -0.39 is 5.97 Å². The molecule has 0 saturated carbocycles. The molecule has 0 unspecified atom stereocenters. The molecule has 0 aromatic rings. The summed E-state index contributed by atoms with van der Waals surface area (Å²) < 4.78 is 0. The quantitative estimate of drug-likeness (QED) is 0.257. The topological polar surface area (TPSA) is 70.1 Å². The van der Waals surface area contributed by atoms with Crippen molar-refractivity contribution in [1.82, 2.24) is 0 Å². The van der Waals surface area contributed by atoms with Crippen molar-refractivity contribution in [1.29, 1.82) is 0 Å². The van der Waals surface area contributed by atoms with Gasteiger partial charge in [0.2, 0.25) is 0 Å². The van der Waals surface area contributed by atoms with Gasteiger partial charge in [0.25, 0.3) is 0 Å². The number of hydrogen-bond acceptors (Lipinski definition) is 3. The van der Waals surface area contributed by atoms with Gasteiger partial charge < -0.3 is 15.4 Å². The van der Waals surface area contributed by atoms with Gasteiger partial charge in [-0.05, 0) is 32.5 Å². The molecule has 0 aliphatic rings. The molecule has 0 aromatic carbocycles. The van der Waals surface area contributed by atoms with E-state index in [-0.39, 0.29) is 35.0 Å². The zero-order valence-electron chi connectivity index (χ0n) is 7.63. The predicted molar refractivity (Wildman–Crippen MR) is 42.5 cm³/mol. The Labute approximate surface area is 94.5 Å². The maximum Gasteiger partial charge on any atom is 1.00 e. The Balaban J connectivity index is -0.0000000383. The van der Waals surface area contributed by atoms with Gasteiger partial charge >= 0.3 is 29.6 Å². The molecule has 1 N–H and O–H groups in total. The number of rotatable bonds is 2. The molecule has 0 aliphatic carbocycles.